The highest BCUT2D eigenvalue weighted by atomic mass is 16.4. The number of carboxylic acid groups (broad SMARTS) is 1. The van der Waals surface area contributed by atoms with Crippen LogP contribution < -0.4 is 10.2 Å². The number of aliphatic carboxylic acids is 1. The predicted molar refractivity (Wildman–Crippen MR) is 69.1 cm³/mol. The molecule has 2 N–H and O–H groups in total. The molecule has 0 unspecified atom stereocenters. The normalized spacial score (nSPS) is 13.4. The van der Waals surface area contributed by atoms with Crippen LogP contribution in [-0.4, -0.2) is 29.9 Å². The molecule has 0 saturated carbocycles. The molecule has 6 nitrogen and oxygen atoms in total. The number of anilines is 2. The fourth-order valence-corrected chi connectivity index (χ4v) is 1.97. The Morgan fingerprint density at radius 1 is 1.37 bits per heavy atom. The van der Waals surface area contributed by atoms with Crippen molar-refractivity contribution in [2.24, 2.45) is 0 Å². The summed E-state index contributed by atoms with van der Waals surface area (Å²) >= 11 is 0. The summed E-state index contributed by atoms with van der Waals surface area (Å²) in [6.45, 7) is 0. The first kappa shape index (κ1) is 13.1. The number of rotatable bonds is 3. The Bertz CT molecular complexity index is 554. The van der Waals surface area contributed by atoms with E-state index in [1.54, 1.807) is 18.2 Å². The van der Waals surface area contributed by atoms with Crippen molar-refractivity contribution in [3.8, 4) is 0 Å². The third-order valence-corrected chi connectivity index (χ3v) is 3.05. The number of fused-ring (bicyclic) bond motifs is 1. The number of benzene rings is 1. The van der Waals surface area contributed by atoms with E-state index in [0.717, 1.165) is 11.3 Å². The topological polar surface area (TPSA) is 86.7 Å². The standard InChI is InChI=1S/C13H14N2O4/c1-15(12(17)7-13(18)19)9-3-4-10-8(6-9)2-5-11(16)14-10/h3-4,6H,2,5,7H2,1H3,(H,14,16)(H,18,19). The molecule has 0 fully saturated rings. The zero-order valence-corrected chi connectivity index (χ0v) is 10.5. The molecule has 1 aromatic rings. The minimum atomic E-state index is -1.15. The summed E-state index contributed by atoms with van der Waals surface area (Å²) in [5, 5.41) is 11.4. The van der Waals surface area contributed by atoms with Crippen molar-refractivity contribution in [3.63, 3.8) is 0 Å². The minimum Gasteiger partial charge on any atom is -0.481 e. The first-order valence-electron chi connectivity index (χ1n) is 5.88. The molecule has 0 atom stereocenters. The number of nitrogens with one attached hydrogen (secondary N) is 1. The first-order valence-corrected chi connectivity index (χ1v) is 5.88. The lowest BCUT2D eigenvalue weighted by Gasteiger charge is -2.21. The molecule has 2 rings (SSSR count). The number of carboxylic acids is 1. The lowest BCUT2D eigenvalue weighted by atomic mass is 10.0. The maximum absolute atomic E-state index is 11.6. The van der Waals surface area contributed by atoms with Gasteiger partial charge in [0.05, 0.1) is 0 Å². The summed E-state index contributed by atoms with van der Waals surface area (Å²) in [5.41, 5.74) is 2.33. The van der Waals surface area contributed by atoms with Crippen molar-refractivity contribution in [2.75, 3.05) is 17.3 Å². The van der Waals surface area contributed by atoms with Gasteiger partial charge in [0.2, 0.25) is 11.8 Å². The number of amides is 2. The Labute approximate surface area is 110 Å². The molecule has 0 aromatic heterocycles. The van der Waals surface area contributed by atoms with Gasteiger partial charge in [0, 0.05) is 24.8 Å². The minimum absolute atomic E-state index is 0.0180. The van der Waals surface area contributed by atoms with E-state index >= 15 is 0 Å². The number of hydrogen-bond acceptors (Lipinski definition) is 3. The van der Waals surface area contributed by atoms with Gasteiger partial charge >= 0.3 is 5.97 Å². The van der Waals surface area contributed by atoms with Crippen LogP contribution in [0.25, 0.3) is 0 Å². The molecule has 1 aliphatic rings. The van der Waals surface area contributed by atoms with Gasteiger partial charge in [-0.1, -0.05) is 0 Å². The molecule has 19 heavy (non-hydrogen) atoms. The van der Waals surface area contributed by atoms with Crippen LogP contribution in [0.2, 0.25) is 0 Å². The Morgan fingerprint density at radius 2 is 2.11 bits per heavy atom. The van der Waals surface area contributed by atoms with E-state index in [4.69, 9.17) is 5.11 Å². The van der Waals surface area contributed by atoms with Crippen LogP contribution in [0, 0.1) is 0 Å². The number of nitrogens with zero attached hydrogens (tertiary/aromatic N) is 1. The zero-order chi connectivity index (χ0) is 14.0. The van der Waals surface area contributed by atoms with E-state index < -0.39 is 18.3 Å². The van der Waals surface area contributed by atoms with Crippen molar-refractivity contribution in [1.82, 2.24) is 0 Å². The van der Waals surface area contributed by atoms with E-state index in [1.165, 1.54) is 11.9 Å². The summed E-state index contributed by atoms with van der Waals surface area (Å²) in [6.07, 6.45) is 0.504. The molecule has 1 aromatic carbocycles. The highest BCUT2D eigenvalue weighted by Crippen LogP contribution is 2.27. The summed E-state index contributed by atoms with van der Waals surface area (Å²) in [5.74, 6) is -1.65. The van der Waals surface area contributed by atoms with E-state index in [2.05, 4.69) is 5.32 Å². The van der Waals surface area contributed by atoms with Gasteiger partial charge in [0.1, 0.15) is 6.42 Å². The number of aryl methyl sites for hydroxylation is 1. The maximum Gasteiger partial charge on any atom is 0.312 e. The molecule has 1 heterocycles. The van der Waals surface area contributed by atoms with E-state index in [9.17, 15) is 14.4 Å². The molecule has 0 radical (unpaired) electrons. The fraction of sp³-hybridized carbons (Fsp3) is 0.308. The van der Waals surface area contributed by atoms with Gasteiger partial charge in [-0.05, 0) is 30.2 Å². The molecule has 0 bridgehead atoms. The monoisotopic (exact) mass is 262 g/mol. The molecule has 0 saturated heterocycles. The molecular formula is C13H14N2O4. The molecule has 1 aliphatic heterocycles. The summed E-state index contributed by atoms with van der Waals surface area (Å²) < 4.78 is 0. The van der Waals surface area contributed by atoms with E-state index in [-0.39, 0.29) is 5.91 Å². The average molecular weight is 262 g/mol. The second-order valence-corrected chi connectivity index (χ2v) is 4.41. The largest absolute Gasteiger partial charge is 0.481 e. The molecule has 100 valence electrons. The quantitative estimate of drug-likeness (QED) is 0.796. The van der Waals surface area contributed by atoms with Gasteiger partial charge in [0.25, 0.3) is 0 Å². The van der Waals surface area contributed by atoms with Crippen LogP contribution in [0.4, 0.5) is 11.4 Å². The van der Waals surface area contributed by atoms with Gasteiger partial charge in [-0.25, -0.2) is 0 Å². The van der Waals surface area contributed by atoms with Gasteiger partial charge in [-0.3, -0.25) is 14.4 Å². The number of hydrogen-bond donors (Lipinski definition) is 2. The Morgan fingerprint density at radius 3 is 2.79 bits per heavy atom. The maximum atomic E-state index is 11.6. The van der Waals surface area contributed by atoms with Crippen LogP contribution in [0.1, 0.15) is 18.4 Å². The second kappa shape index (κ2) is 5.09. The van der Waals surface area contributed by atoms with Crippen LogP contribution in [0.15, 0.2) is 18.2 Å². The van der Waals surface area contributed by atoms with Gasteiger partial charge in [0.15, 0.2) is 0 Å². The Kier molecular flexibility index (Phi) is 3.50. The third-order valence-electron chi connectivity index (χ3n) is 3.05. The summed E-state index contributed by atoms with van der Waals surface area (Å²) in [7, 11) is 1.54. The third kappa shape index (κ3) is 2.90. The van der Waals surface area contributed by atoms with Crippen LogP contribution in [-0.2, 0) is 20.8 Å². The van der Waals surface area contributed by atoms with Crippen molar-refractivity contribution in [2.45, 2.75) is 19.3 Å². The molecule has 2 amide bonds. The van der Waals surface area contributed by atoms with Gasteiger partial charge in [-0.15, -0.1) is 0 Å². The van der Waals surface area contributed by atoms with Crippen LogP contribution in [0.5, 0.6) is 0 Å². The Balaban J connectivity index is 2.20. The van der Waals surface area contributed by atoms with E-state index in [0.29, 0.717) is 18.5 Å². The molecule has 6 heteroatoms. The SMILES string of the molecule is CN(C(=O)CC(=O)O)c1ccc2c(c1)CCC(=O)N2. The highest BCUT2D eigenvalue weighted by molar-refractivity contribution is 6.03. The molecule has 0 aliphatic carbocycles. The number of carbonyl (C=O) groups is 3. The lowest BCUT2D eigenvalue weighted by molar-refractivity contribution is -0.140. The molecule has 0 spiro atoms. The van der Waals surface area contributed by atoms with Gasteiger partial charge in [-0.2, -0.15) is 0 Å². The van der Waals surface area contributed by atoms with Crippen molar-refractivity contribution in [1.29, 1.82) is 0 Å². The highest BCUT2D eigenvalue weighted by Gasteiger charge is 2.18. The average Bonchev–Trinajstić information content (AvgIpc) is 2.36. The summed E-state index contributed by atoms with van der Waals surface area (Å²) in [6, 6.07) is 5.21. The number of carbonyl (C=O) groups excluding carboxylic acids is 2. The summed E-state index contributed by atoms with van der Waals surface area (Å²) in [4.78, 5) is 34.7. The second-order valence-electron chi connectivity index (χ2n) is 4.41. The molecular weight excluding hydrogens is 248 g/mol. The fourth-order valence-electron chi connectivity index (χ4n) is 1.97. The van der Waals surface area contributed by atoms with Crippen molar-refractivity contribution < 1.29 is 19.5 Å². The van der Waals surface area contributed by atoms with Crippen LogP contribution >= 0.6 is 0 Å². The van der Waals surface area contributed by atoms with E-state index in [1.807, 2.05) is 0 Å². The first-order chi connectivity index (χ1) is 8.97. The van der Waals surface area contributed by atoms with Crippen molar-refractivity contribution >= 4 is 29.2 Å². The predicted octanol–water partition coefficient (Wildman–Crippen LogP) is 1.01. The Hall–Kier alpha value is -2.37. The lowest BCUT2D eigenvalue weighted by Crippen LogP contribution is -2.28. The smallest absolute Gasteiger partial charge is 0.312 e. The zero-order valence-electron chi connectivity index (χ0n) is 10.5. The van der Waals surface area contributed by atoms with Gasteiger partial charge < -0.3 is 15.3 Å². The van der Waals surface area contributed by atoms with Crippen LogP contribution in [0.3, 0.4) is 0 Å². The van der Waals surface area contributed by atoms with Crippen molar-refractivity contribution in [3.05, 3.63) is 23.8 Å².